The van der Waals surface area contributed by atoms with E-state index in [0.29, 0.717) is 23.9 Å². The lowest BCUT2D eigenvalue weighted by molar-refractivity contribution is 0.0953. The molecule has 0 aliphatic carbocycles. The molecule has 27 heavy (non-hydrogen) atoms. The van der Waals surface area contributed by atoms with Crippen LogP contribution in [0.25, 0.3) is 10.6 Å². The van der Waals surface area contributed by atoms with Crippen LogP contribution >= 0.6 is 22.7 Å². The summed E-state index contributed by atoms with van der Waals surface area (Å²) in [5.74, 6) is 1.12. The highest BCUT2D eigenvalue weighted by Gasteiger charge is 2.17. The van der Waals surface area contributed by atoms with E-state index in [1.807, 2.05) is 43.5 Å². The molecule has 0 bridgehead atoms. The van der Waals surface area contributed by atoms with E-state index in [9.17, 15) is 4.79 Å². The molecule has 3 aromatic rings. The van der Waals surface area contributed by atoms with Crippen molar-refractivity contribution in [1.29, 1.82) is 0 Å². The highest BCUT2D eigenvalue weighted by atomic mass is 32.1. The second-order valence-corrected chi connectivity index (χ2v) is 8.29. The Morgan fingerprint density at radius 3 is 2.59 bits per heavy atom. The van der Waals surface area contributed by atoms with Gasteiger partial charge in [0.1, 0.15) is 15.6 Å². The van der Waals surface area contributed by atoms with Gasteiger partial charge in [-0.25, -0.2) is 9.97 Å². The lowest BCUT2D eigenvalue weighted by Crippen LogP contribution is -2.22. The van der Waals surface area contributed by atoms with Crippen LogP contribution in [0.5, 0.6) is 5.75 Å². The van der Waals surface area contributed by atoms with E-state index in [-0.39, 0.29) is 5.91 Å². The summed E-state index contributed by atoms with van der Waals surface area (Å²) in [4.78, 5) is 22.3. The van der Waals surface area contributed by atoms with Crippen molar-refractivity contribution in [3.63, 3.8) is 0 Å². The zero-order valence-corrected chi connectivity index (χ0v) is 17.5. The van der Waals surface area contributed by atoms with Crippen molar-refractivity contribution in [1.82, 2.24) is 15.3 Å². The molecular formula is C20H23N3O2S2. The highest BCUT2D eigenvalue weighted by molar-refractivity contribution is 7.17. The molecule has 1 aromatic carbocycles. The largest absolute Gasteiger partial charge is 0.494 e. The lowest BCUT2D eigenvalue weighted by Gasteiger charge is -2.03. The third-order valence-electron chi connectivity index (χ3n) is 3.91. The molecule has 0 spiro atoms. The van der Waals surface area contributed by atoms with Crippen molar-refractivity contribution in [3.8, 4) is 16.3 Å². The number of ether oxygens (including phenoxy) is 1. The van der Waals surface area contributed by atoms with Gasteiger partial charge >= 0.3 is 0 Å². The Morgan fingerprint density at radius 2 is 1.96 bits per heavy atom. The van der Waals surface area contributed by atoms with Crippen molar-refractivity contribution in [2.45, 2.75) is 40.2 Å². The number of carbonyl (C=O) groups excluding carboxylic acids is 1. The van der Waals surface area contributed by atoms with E-state index >= 15 is 0 Å². The zero-order chi connectivity index (χ0) is 19.4. The molecule has 7 heteroatoms. The second kappa shape index (κ2) is 8.63. The zero-order valence-electron chi connectivity index (χ0n) is 15.9. The molecule has 5 nitrogen and oxygen atoms in total. The maximum Gasteiger partial charge on any atom is 0.263 e. The summed E-state index contributed by atoms with van der Waals surface area (Å²) in [5.41, 5.74) is 2.61. The van der Waals surface area contributed by atoms with Crippen molar-refractivity contribution in [3.05, 3.63) is 50.9 Å². The van der Waals surface area contributed by atoms with Crippen LogP contribution in [0.15, 0.2) is 29.6 Å². The molecule has 0 aliphatic heterocycles. The van der Waals surface area contributed by atoms with Crippen molar-refractivity contribution in [2.24, 2.45) is 0 Å². The third kappa shape index (κ3) is 4.73. The minimum Gasteiger partial charge on any atom is -0.494 e. The molecule has 0 atom stereocenters. The summed E-state index contributed by atoms with van der Waals surface area (Å²) in [5, 5.41) is 6.87. The average molecular weight is 402 g/mol. The van der Waals surface area contributed by atoms with Gasteiger partial charge in [-0.05, 0) is 38.1 Å². The fraction of sp³-hybridized carbons (Fsp3) is 0.350. The molecular weight excluding hydrogens is 378 g/mol. The van der Waals surface area contributed by atoms with Gasteiger partial charge in [-0.15, -0.1) is 22.7 Å². The topological polar surface area (TPSA) is 64.1 Å². The van der Waals surface area contributed by atoms with Gasteiger partial charge < -0.3 is 10.1 Å². The van der Waals surface area contributed by atoms with E-state index < -0.39 is 0 Å². The van der Waals surface area contributed by atoms with Crippen LogP contribution in [0.3, 0.4) is 0 Å². The Hall–Kier alpha value is -2.25. The SMILES string of the molecule is CCOc1ccc(-c2nc(C)c(C(=O)NCc3csc(C(C)C)n3)s2)cc1. The molecule has 2 heterocycles. The predicted octanol–water partition coefficient (Wildman–Crippen LogP) is 5.03. The molecule has 3 rings (SSSR count). The minimum absolute atomic E-state index is 0.110. The maximum atomic E-state index is 12.6. The molecule has 2 aromatic heterocycles. The van der Waals surface area contributed by atoms with E-state index in [0.717, 1.165) is 32.7 Å². The standard InChI is InChI=1S/C20H23N3O2S2/c1-5-25-16-8-6-14(7-9-16)20-22-13(4)17(27-20)18(24)21-10-15-11-26-19(23-15)12(2)3/h6-9,11-12H,5,10H2,1-4H3,(H,21,24). The average Bonchev–Trinajstić information content (AvgIpc) is 3.27. The molecule has 0 saturated heterocycles. The van der Waals surface area contributed by atoms with E-state index in [2.05, 4.69) is 29.1 Å². The Balaban J connectivity index is 1.68. The number of amides is 1. The smallest absolute Gasteiger partial charge is 0.263 e. The van der Waals surface area contributed by atoms with E-state index in [1.165, 1.54) is 11.3 Å². The summed E-state index contributed by atoms with van der Waals surface area (Å²) in [6, 6.07) is 7.77. The number of carbonyl (C=O) groups is 1. The second-order valence-electron chi connectivity index (χ2n) is 6.41. The van der Waals surface area contributed by atoms with Crippen LogP contribution in [0.1, 0.15) is 52.8 Å². The fourth-order valence-corrected chi connectivity index (χ4v) is 4.33. The van der Waals surface area contributed by atoms with Crippen molar-refractivity contribution >= 4 is 28.6 Å². The number of nitrogens with zero attached hydrogens (tertiary/aromatic N) is 2. The number of hydrogen-bond acceptors (Lipinski definition) is 6. The van der Waals surface area contributed by atoms with Crippen LogP contribution in [0.4, 0.5) is 0 Å². The van der Waals surface area contributed by atoms with Gasteiger partial charge in [0, 0.05) is 16.9 Å². The summed E-state index contributed by atoms with van der Waals surface area (Å²) in [6.07, 6.45) is 0. The Kier molecular flexibility index (Phi) is 6.23. The molecule has 0 unspecified atom stereocenters. The molecule has 142 valence electrons. The first-order chi connectivity index (χ1) is 13.0. The summed E-state index contributed by atoms with van der Waals surface area (Å²) >= 11 is 3.04. The number of hydrogen-bond donors (Lipinski definition) is 1. The number of aromatic nitrogens is 2. The monoisotopic (exact) mass is 401 g/mol. The molecule has 0 aliphatic rings. The van der Waals surface area contributed by atoms with Gasteiger partial charge in [0.25, 0.3) is 5.91 Å². The number of benzene rings is 1. The molecule has 1 N–H and O–H groups in total. The summed E-state index contributed by atoms with van der Waals surface area (Å²) in [6.45, 7) is 9.12. The molecule has 0 saturated carbocycles. The molecule has 0 radical (unpaired) electrons. The van der Waals surface area contributed by atoms with Gasteiger partial charge in [-0.2, -0.15) is 0 Å². The number of aryl methyl sites for hydroxylation is 1. The first kappa shape index (κ1) is 19.5. The normalized spacial score (nSPS) is 11.0. The molecule has 0 fully saturated rings. The van der Waals surface area contributed by atoms with Crippen molar-refractivity contribution < 1.29 is 9.53 Å². The van der Waals surface area contributed by atoms with Crippen LogP contribution in [-0.4, -0.2) is 22.5 Å². The van der Waals surface area contributed by atoms with Crippen molar-refractivity contribution in [2.75, 3.05) is 6.61 Å². The first-order valence-corrected chi connectivity index (χ1v) is 10.6. The first-order valence-electron chi connectivity index (χ1n) is 8.91. The Bertz CT molecular complexity index is 914. The predicted molar refractivity (Wildman–Crippen MR) is 111 cm³/mol. The minimum atomic E-state index is -0.110. The fourth-order valence-electron chi connectivity index (χ4n) is 2.51. The maximum absolute atomic E-state index is 12.6. The Labute approximate surface area is 167 Å². The van der Waals surface area contributed by atoms with Gasteiger partial charge in [-0.1, -0.05) is 13.8 Å². The Morgan fingerprint density at radius 1 is 1.22 bits per heavy atom. The van der Waals surface area contributed by atoms with Crippen LogP contribution in [0.2, 0.25) is 0 Å². The van der Waals surface area contributed by atoms with Gasteiger partial charge in [0.2, 0.25) is 0 Å². The van der Waals surface area contributed by atoms with Gasteiger partial charge in [-0.3, -0.25) is 4.79 Å². The van der Waals surface area contributed by atoms with Gasteiger partial charge in [0.15, 0.2) is 0 Å². The van der Waals surface area contributed by atoms with Crippen LogP contribution in [-0.2, 0) is 6.54 Å². The van der Waals surface area contributed by atoms with Crippen LogP contribution < -0.4 is 10.1 Å². The number of thiazole rings is 2. The van der Waals surface area contributed by atoms with E-state index in [4.69, 9.17) is 4.74 Å². The van der Waals surface area contributed by atoms with Crippen LogP contribution in [0, 0.1) is 6.92 Å². The summed E-state index contributed by atoms with van der Waals surface area (Å²) < 4.78 is 5.47. The molecule has 1 amide bonds. The summed E-state index contributed by atoms with van der Waals surface area (Å²) in [7, 11) is 0. The quantitative estimate of drug-likeness (QED) is 0.603. The number of rotatable bonds is 7. The lowest BCUT2D eigenvalue weighted by atomic mass is 10.2. The van der Waals surface area contributed by atoms with Gasteiger partial charge in [0.05, 0.1) is 29.5 Å². The third-order valence-corrected chi connectivity index (χ3v) is 6.31. The number of nitrogens with one attached hydrogen (secondary N) is 1. The van der Waals surface area contributed by atoms with E-state index in [1.54, 1.807) is 11.3 Å². The highest BCUT2D eigenvalue weighted by Crippen LogP contribution is 2.29.